The zero-order chi connectivity index (χ0) is 15.6. The van der Waals surface area contributed by atoms with Crippen LogP contribution in [0.15, 0.2) is 36.7 Å². The average Bonchev–Trinajstić information content (AvgIpc) is 2.56. The number of unbranched alkanes of at least 4 members (excludes halogenated alkanes) is 2. The first kappa shape index (κ1) is 17.2. The van der Waals surface area contributed by atoms with E-state index in [2.05, 4.69) is 34.2 Å². The first-order valence-electron chi connectivity index (χ1n) is 7.85. The van der Waals surface area contributed by atoms with Crippen LogP contribution in [0.3, 0.4) is 0 Å². The van der Waals surface area contributed by atoms with Gasteiger partial charge in [0.05, 0.1) is 11.4 Å². The van der Waals surface area contributed by atoms with Crippen molar-refractivity contribution >= 4 is 23.2 Å². The number of alkyl halides is 2. The summed E-state index contributed by atoms with van der Waals surface area (Å²) in [5.74, 6) is 1.45. The van der Waals surface area contributed by atoms with Crippen LogP contribution in [0.2, 0.25) is 0 Å². The Balaban J connectivity index is 2.07. The molecule has 2 aromatic rings. The predicted octanol–water partition coefficient (Wildman–Crippen LogP) is 5.27. The molecule has 118 valence electrons. The molecule has 0 amide bonds. The van der Waals surface area contributed by atoms with E-state index in [9.17, 15) is 0 Å². The molecular formula is C18H22Cl2N2. The SMILES string of the molecule is ClCCCCc1ccnc(-c2cc(CCCCCl)ccn2)c1. The zero-order valence-electron chi connectivity index (χ0n) is 12.8. The largest absolute Gasteiger partial charge is 0.255 e. The van der Waals surface area contributed by atoms with E-state index in [1.807, 2.05) is 12.4 Å². The molecule has 0 aliphatic carbocycles. The van der Waals surface area contributed by atoms with Gasteiger partial charge >= 0.3 is 0 Å². The van der Waals surface area contributed by atoms with Gasteiger partial charge in [0.25, 0.3) is 0 Å². The zero-order valence-corrected chi connectivity index (χ0v) is 14.3. The van der Waals surface area contributed by atoms with Gasteiger partial charge in [-0.2, -0.15) is 0 Å². The third-order valence-corrected chi connectivity index (χ3v) is 4.14. The molecule has 2 nitrogen and oxygen atoms in total. The number of hydrogen-bond acceptors (Lipinski definition) is 2. The smallest absolute Gasteiger partial charge is 0.0888 e. The third kappa shape index (κ3) is 5.58. The van der Waals surface area contributed by atoms with E-state index < -0.39 is 0 Å². The molecule has 0 bridgehead atoms. The normalized spacial score (nSPS) is 10.8. The molecule has 0 saturated carbocycles. The van der Waals surface area contributed by atoms with E-state index in [1.165, 1.54) is 11.1 Å². The third-order valence-electron chi connectivity index (χ3n) is 3.61. The number of aryl methyl sites for hydroxylation is 2. The van der Waals surface area contributed by atoms with Crippen LogP contribution in [-0.4, -0.2) is 21.7 Å². The average molecular weight is 337 g/mol. The van der Waals surface area contributed by atoms with Gasteiger partial charge in [-0.05, 0) is 73.9 Å². The highest BCUT2D eigenvalue weighted by Gasteiger charge is 2.04. The van der Waals surface area contributed by atoms with Crippen LogP contribution in [0.1, 0.15) is 36.8 Å². The molecule has 22 heavy (non-hydrogen) atoms. The molecule has 2 rings (SSSR count). The van der Waals surface area contributed by atoms with Crippen molar-refractivity contribution in [1.82, 2.24) is 9.97 Å². The van der Waals surface area contributed by atoms with Crippen LogP contribution in [0.25, 0.3) is 11.4 Å². The van der Waals surface area contributed by atoms with E-state index in [-0.39, 0.29) is 0 Å². The van der Waals surface area contributed by atoms with Gasteiger partial charge in [0.15, 0.2) is 0 Å². The van der Waals surface area contributed by atoms with E-state index in [4.69, 9.17) is 23.2 Å². The molecule has 0 aliphatic rings. The molecule has 0 fully saturated rings. The molecule has 0 spiro atoms. The fourth-order valence-corrected chi connectivity index (χ4v) is 2.76. The van der Waals surface area contributed by atoms with Crippen molar-refractivity contribution < 1.29 is 0 Å². The highest BCUT2D eigenvalue weighted by Crippen LogP contribution is 2.18. The van der Waals surface area contributed by atoms with E-state index in [1.54, 1.807) is 0 Å². The van der Waals surface area contributed by atoms with Crippen molar-refractivity contribution in [2.75, 3.05) is 11.8 Å². The van der Waals surface area contributed by atoms with Crippen molar-refractivity contribution in [2.45, 2.75) is 38.5 Å². The summed E-state index contributed by atoms with van der Waals surface area (Å²) in [4.78, 5) is 8.93. The topological polar surface area (TPSA) is 25.8 Å². The molecule has 4 heteroatoms. The van der Waals surface area contributed by atoms with Crippen LogP contribution in [-0.2, 0) is 12.8 Å². The maximum absolute atomic E-state index is 5.73. The van der Waals surface area contributed by atoms with Gasteiger partial charge in [-0.25, -0.2) is 0 Å². The quantitative estimate of drug-likeness (QED) is 0.460. The summed E-state index contributed by atoms with van der Waals surface area (Å²) in [5, 5.41) is 0. The van der Waals surface area contributed by atoms with Gasteiger partial charge in [0.2, 0.25) is 0 Å². The molecule has 0 unspecified atom stereocenters. The summed E-state index contributed by atoms with van der Waals surface area (Å²) in [5.41, 5.74) is 4.49. The van der Waals surface area contributed by atoms with E-state index >= 15 is 0 Å². The van der Waals surface area contributed by atoms with Gasteiger partial charge in [-0.1, -0.05) is 0 Å². The molecule has 0 aliphatic heterocycles. The molecule has 0 radical (unpaired) electrons. The van der Waals surface area contributed by atoms with Crippen LogP contribution in [0.4, 0.5) is 0 Å². The summed E-state index contributed by atoms with van der Waals surface area (Å²) < 4.78 is 0. The second-order valence-electron chi connectivity index (χ2n) is 5.39. The van der Waals surface area contributed by atoms with Gasteiger partial charge < -0.3 is 0 Å². The second kappa shape index (κ2) is 9.81. The summed E-state index contributed by atoms with van der Waals surface area (Å²) in [7, 11) is 0. The Bertz CT molecular complexity index is 521. The molecule has 2 aromatic heterocycles. The maximum Gasteiger partial charge on any atom is 0.0888 e. The summed E-state index contributed by atoms with van der Waals surface area (Å²) in [6.07, 6.45) is 10.1. The van der Waals surface area contributed by atoms with Crippen LogP contribution in [0, 0.1) is 0 Å². The highest BCUT2D eigenvalue weighted by molar-refractivity contribution is 6.18. The van der Waals surface area contributed by atoms with Crippen molar-refractivity contribution in [3.8, 4) is 11.4 Å². The Morgan fingerprint density at radius 2 is 1.14 bits per heavy atom. The lowest BCUT2D eigenvalue weighted by Crippen LogP contribution is -1.94. The molecule has 0 aromatic carbocycles. The lowest BCUT2D eigenvalue weighted by atomic mass is 10.1. The number of hydrogen-bond donors (Lipinski definition) is 0. The fraction of sp³-hybridized carbons (Fsp3) is 0.444. The summed E-state index contributed by atoms with van der Waals surface area (Å²) in [6, 6.07) is 8.42. The Morgan fingerprint density at radius 3 is 1.55 bits per heavy atom. The molecular weight excluding hydrogens is 315 g/mol. The van der Waals surface area contributed by atoms with Gasteiger partial charge in [-0.15, -0.1) is 23.2 Å². The Hall–Kier alpha value is -1.12. The van der Waals surface area contributed by atoms with Gasteiger partial charge in [-0.3, -0.25) is 9.97 Å². The van der Waals surface area contributed by atoms with Gasteiger partial charge in [0, 0.05) is 24.2 Å². The standard InChI is InChI=1S/C18H22Cl2N2/c19-9-3-1-5-15-7-11-21-17(13-15)18-14-16(8-12-22-18)6-2-4-10-20/h7-8,11-14H,1-6,9-10H2. The Labute approximate surface area is 142 Å². The van der Waals surface area contributed by atoms with Crippen molar-refractivity contribution in [2.24, 2.45) is 0 Å². The van der Waals surface area contributed by atoms with Crippen LogP contribution < -0.4 is 0 Å². The maximum atomic E-state index is 5.73. The minimum absolute atomic E-state index is 0.726. The molecule has 0 N–H and O–H groups in total. The number of halogens is 2. The fourth-order valence-electron chi connectivity index (χ4n) is 2.39. The summed E-state index contributed by atoms with van der Waals surface area (Å²) in [6.45, 7) is 0. The highest BCUT2D eigenvalue weighted by atomic mass is 35.5. The minimum Gasteiger partial charge on any atom is -0.255 e. The first-order valence-corrected chi connectivity index (χ1v) is 8.92. The predicted molar refractivity (Wildman–Crippen MR) is 94.8 cm³/mol. The first-order chi connectivity index (χ1) is 10.8. The Kier molecular flexibility index (Phi) is 7.68. The molecule has 2 heterocycles. The van der Waals surface area contributed by atoms with Crippen LogP contribution >= 0.6 is 23.2 Å². The van der Waals surface area contributed by atoms with E-state index in [0.29, 0.717) is 0 Å². The van der Waals surface area contributed by atoms with Gasteiger partial charge in [0.1, 0.15) is 0 Å². The molecule has 0 atom stereocenters. The Morgan fingerprint density at radius 1 is 0.682 bits per heavy atom. The number of pyridine rings is 2. The summed E-state index contributed by atoms with van der Waals surface area (Å²) >= 11 is 11.5. The van der Waals surface area contributed by atoms with Crippen LogP contribution in [0.5, 0.6) is 0 Å². The lowest BCUT2D eigenvalue weighted by molar-refractivity contribution is 0.797. The second-order valence-corrected chi connectivity index (χ2v) is 6.15. The number of nitrogens with zero attached hydrogens (tertiary/aromatic N) is 2. The number of rotatable bonds is 9. The van der Waals surface area contributed by atoms with Crippen molar-refractivity contribution in [1.29, 1.82) is 0 Å². The van der Waals surface area contributed by atoms with E-state index in [0.717, 1.165) is 61.7 Å². The lowest BCUT2D eigenvalue weighted by Gasteiger charge is -2.06. The van der Waals surface area contributed by atoms with Crippen molar-refractivity contribution in [3.63, 3.8) is 0 Å². The van der Waals surface area contributed by atoms with Crippen molar-refractivity contribution in [3.05, 3.63) is 47.8 Å². The molecule has 0 saturated heterocycles. The minimum atomic E-state index is 0.726. The number of aromatic nitrogens is 2. The monoisotopic (exact) mass is 336 g/mol.